The van der Waals surface area contributed by atoms with Crippen molar-refractivity contribution in [3.8, 4) is 0 Å². The van der Waals surface area contributed by atoms with Gasteiger partial charge < -0.3 is 10.8 Å². The van der Waals surface area contributed by atoms with E-state index in [2.05, 4.69) is 4.90 Å². The summed E-state index contributed by atoms with van der Waals surface area (Å²) >= 11 is 0. The fraction of sp³-hybridized carbons (Fsp3) is 0.625. The average molecular weight is 280 g/mol. The number of benzene rings is 1. The molecule has 1 aromatic carbocycles. The van der Waals surface area contributed by atoms with Crippen molar-refractivity contribution in [2.75, 3.05) is 13.2 Å². The van der Waals surface area contributed by atoms with Crippen molar-refractivity contribution in [3.05, 3.63) is 35.6 Å². The normalized spacial score (nSPS) is 23.5. The lowest BCUT2D eigenvalue weighted by Gasteiger charge is -2.43. The zero-order valence-electron chi connectivity index (χ0n) is 12.1. The molecular formula is C16H25FN2O. The first-order valence-corrected chi connectivity index (χ1v) is 7.51. The first-order valence-electron chi connectivity index (χ1n) is 7.51. The van der Waals surface area contributed by atoms with E-state index >= 15 is 0 Å². The predicted molar refractivity (Wildman–Crippen MR) is 78.8 cm³/mol. The van der Waals surface area contributed by atoms with Crippen LogP contribution in [0.4, 0.5) is 4.39 Å². The van der Waals surface area contributed by atoms with E-state index < -0.39 is 0 Å². The van der Waals surface area contributed by atoms with Gasteiger partial charge in [0, 0.05) is 24.3 Å². The van der Waals surface area contributed by atoms with Crippen molar-refractivity contribution in [2.24, 2.45) is 5.73 Å². The number of hydrogen-bond donors (Lipinski definition) is 2. The van der Waals surface area contributed by atoms with Crippen LogP contribution in [0.15, 0.2) is 24.3 Å². The molecule has 1 aliphatic rings. The SMILES string of the molecule is CC(N)C(c1ccccc1F)N1CCCCC1CCO. The molecule has 4 heteroatoms. The zero-order valence-corrected chi connectivity index (χ0v) is 12.1. The third kappa shape index (κ3) is 3.37. The van der Waals surface area contributed by atoms with Crippen molar-refractivity contribution in [2.45, 2.75) is 50.7 Å². The molecule has 3 N–H and O–H groups in total. The van der Waals surface area contributed by atoms with E-state index in [9.17, 15) is 9.50 Å². The predicted octanol–water partition coefficient (Wildman–Crippen LogP) is 2.45. The number of hydrogen-bond acceptors (Lipinski definition) is 3. The third-order valence-corrected chi connectivity index (χ3v) is 4.21. The number of likely N-dealkylation sites (tertiary alicyclic amines) is 1. The molecule has 3 unspecified atom stereocenters. The van der Waals surface area contributed by atoms with Gasteiger partial charge in [-0.3, -0.25) is 4.90 Å². The number of nitrogens with two attached hydrogens (primary N) is 1. The van der Waals surface area contributed by atoms with E-state index in [1.807, 2.05) is 19.1 Å². The fourth-order valence-corrected chi connectivity index (χ4v) is 3.33. The van der Waals surface area contributed by atoms with Crippen molar-refractivity contribution >= 4 is 0 Å². The minimum absolute atomic E-state index is 0.118. The molecule has 3 atom stereocenters. The van der Waals surface area contributed by atoms with E-state index in [0.717, 1.165) is 25.8 Å². The molecule has 0 radical (unpaired) electrons. The highest BCUT2D eigenvalue weighted by atomic mass is 19.1. The van der Waals surface area contributed by atoms with Gasteiger partial charge in [0.25, 0.3) is 0 Å². The largest absolute Gasteiger partial charge is 0.396 e. The standard InChI is InChI=1S/C16H25FN2O/c1-12(18)16(14-7-2-3-8-15(14)17)19-10-5-4-6-13(19)9-11-20/h2-3,7-8,12-13,16,20H,4-6,9-11,18H2,1H3. The molecule has 3 nitrogen and oxygen atoms in total. The Hall–Kier alpha value is -0.970. The van der Waals surface area contributed by atoms with Crippen LogP contribution in [0.1, 0.15) is 44.2 Å². The van der Waals surface area contributed by atoms with Gasteiger partial charge in [-0.1, -0.05) is 24.6 Å². The zero-order chi connectivity index (χ0) is 14.5. The maximum absolute atomic E-state index is 14.1. The van der Waals surface area contributed by atoms with Gasteiger partial charge >= 0.3 is 0 Å². The quantitative estimate of drug-likeness (QED) is 0.871. The van der Waals surface area contributed by atoms with Crippen LogP contribution in [0.2, 0.25) is 0 Å². The summed E-state index contributed by atoms with van der Waals surface area (Å²) in [5.74, 6) is -0.192. The van der Waals surface area contributed by atoms with Crippen LogP contribution in [0.3, 0.4) is 0 Å². The summed E-state index contributed by atoms with van der Waals surface area (Å²) in [6, 6.07) is 6.92. The molecule has 0 aromatic heterocycles. The Morgan fingerprint density at radius 1 is 1.40 bits per heavy atom. The lowest BCUT2D eigenvalue weighted by atomic mass is 9.91. The molecule has 1 saturated heterocycles. The lowest BCUT2D eigenvalue weighted by Crippen LogP contribution is -2.48. The van der Waals surface area contributed by atoms with Crippen LogP contribution in [0, 0.1) is 5.82 Å². The summed E-state index contributed by atoms with van der Waals surface area (Å²) in [5, 5.41) is 9.25. The average Bonchev–Trinajstić information content (AvgIpc) is 2.43. The monoisotopic (exact) mass is 280 g/mol. The molecule has 0 saturated carbocycles. The summed E-state index contributed by atoms with van der Waals surface area (Å²) < 4.78 is 14.1. The summed E-state index contributed by atoms with van der Waals surface area (Å²) in [7, 11) is 0. The molecule has 20 heavy (non-hydrogen) atoms. The summed E-state index contributed by atoms with van der Waals surface area (Å²) in [6.07, 6.45) is 4.07. The van der Waals surface area contributed by atoms with Gasteiger partial charge in [-0.15, -0.1) is 0 Å². The third-order valence-electron chi connectivity index (χ3n) is 4.21. The second-order valence-electron chi connectivity index (χ2n) is 5.73. The summed E-state index contributed by atoms with van der Waals surface area (Å²) in [4.78, 5) is 2.29. The van der Waals surface area contributed by atoms with Crippen molar-refractivity contribution < 1.29 is 9.50 Å². The van der Waals surface area contributed by atoms with Crippen LogP contribution >= 0.6 is 0 Å². The second kappa shape index (κ2) is 7.16. The first kappa shape index (κ1) is 15.4. The van der Waals surface area contributed by atoms with Gasteiger partial charge in [0.1, 0.15) is 5.82 Å². The fourth-order valence-electron chi connectivity index (χ4n) is 3.33. The van der Waals surface area contributed by atoms with Gasteiger partial charge in [-0.05, 0) is 38.8 Å². The molecule has 112 valence electrons. The van der Waals surface area contributed by atoms with Gasteiger partial charge in [-0.25, -0.2) is 4.39 Å². The number of halogens is 1. The van der Waals surface area contributed by atoms with E-state index in [0.29, 0.717) is 11.6 Å². The van der Waals surface area contributed by atoms with E-state index in [1.165, 1.54) is 12.5 Å². The molecule has 2 rings (SSSR count). The van der Waals surface area contributed by atoms with E-state index in [1.54, 1.807) is 6.07 Å². The Morgan fingerprint density at radius 2 is 2.15 bits per heavy atom. The highest BCUT2D eigenvalue weighted by Crippen LogP contribution is 2.32. The first-order chi connectivity index (χ1) is 9.65. The number of piperidine rings is 1. The van der Waals surface area contributed by atoms with Gasteiger partial charge in [0.2, 0.25) is 0 Å². The van der Waals surface area contributed by atoms with E-state index in [-0.39, 0.29) is 24.5 Å². The molecule has 1 aliphatic heterocycles. The number of rotatable bonds is 5. The van der Waals surface area contributed by atoms with Crippen LogP contribution in [0.25, 0.3) is 0 Å². The smallest absolute Gasteiger partial charge is 0.128 e. The Balaban J connectivity index is 2.29. The number of nitrogens with zero attached hydrogens (tertiary/aromatic N) is 1. The molecule has 0 bridgehead atoms. The molecule has 1 heterocycles. The van der Waals surface area contributed by atoms with E-state index in [4.69, 9.17) is 5.73 Å². The number of aliphatic hydroxyl groups excluding tert-OH is 1. The number of aliphatic hydroxyl groups is 1. The summed E-state index contributed by atoms with van der Waals surface area (Å²) in [6.45, 7) is 3.02. The molecular weight excluding hydrogens is 255 g/mol. The Labute approximate surface area is 120 Å². The molecule has 1 aromatic rings. The molecule has 0 amide bonds. The maximum Gasteiger partial charge on any atom is 0.128 e. The molecule has 0 aliphatic carbocycles. The maximum atomic E-state index is 14.1. The van der Waals surface area contributed by atoms with Crippen molar-refractivity contribution in [3.63, 3.8) is 0 Å². The minimum Gasteiger partial charge on any atom is -0.396 e. The van der Waals surface area contributed by atoms with Crippen LogP contribution < -0.4 is 5.73 Å². The van der Waals surface area contributed by atoms with Crippen LogP contribution in [-0.4, -0.2) is 35.2 Å². The minimum atomic E-state index is -0.192. The Bertz CT molecular complexity index is 423. The van der Waals surface area contributed by atoms with Crippen molar-refractivity contribution in [1.82, 2.24) is 4.90 Å². The lowest BCUT2D eigenvalue weighted by molar-refractivity contribution is 0.0636. The molecule has 0 spiro atoms. The van der Waals surface area contributed by atoms with Crippen LogP contribution in [-0.2, 0) is 0 Å². The highest BCUT2D eigenvalue weighted by Gasteiger charge is 2.32. The highest BCUT2D eigenvalue weighted by molar-refractivity contribution is 5.23. The Morgan fingerprint density at radius 3 is 2.80 bits per heavy atom. The van der Waals surface area contributed by atoms with Crippen molar-refractivity contribution in [1.29, 1.82) is 0 Å². The van der Waals surface area contributed by atoms with Crippen LogP contribution in [0.5, 0.6) is 0 Å². The topological polar surface area (TPSA) is 49.5 Å². The Kier molecular flexibility index (Phi) is 5.52. The van der Waals surface area contributed by atoms with Gasteiger partial charge in [-0.2, -0.15) is 0 Å². The summed E-state index contributed by atoms with van der Waals surface area (Å²) in [5.41, 5.74) is 6.83. The molecule has 1 fully saturated rings. The second-order valence-corrected chi connectivity index (χ2v) is 5.73. The van der Waals surface area contributed by atoms with Gasteiger partial charge in [0.05, 0.1) is 6.04 Å². The van der Waals surface area contributed by atoms with Gasteiger partial charge in [0.15, 0.2) is 0 Å².